The van der Waals surface area contributed by atoms with Gasteiger partial charge >= 0.3 is 0 Å². The van der Waals surface area contributed by atoms with Gasteiger partial charge < -0.3 is 0 Å². The van der Waals surface area contributed by atoms with Crippen LogP contribution in [0.3, 0.4) is 0 Å². The van der Waals surface area contributed by atoms with Crippen LogP contribution in [0.5, 0.6) is 0 Å². The molecule has 1 aromatic carbocycles. The second-order valence-electron chi connectivity index (χ2n) is 5.04. The van der Waals surface area contributed by atoms with Crippen LogP contribution < -0.4 is 11.3 Å². The summed E-state index contributed by atoms with van der Waals surface area (Å²) in [5.41, 5.74) is 6.33. The Hall–Kier alpha value is -1.72. The molecule has 3 N–H and O–H groups in total. The number of nitrogens with two attached hydrogens (primary N) is 1. The molecule has 5 heteroatoms. The number of aromatic nitrogens is 2. The maximum absolute atomic E-state index is 14.0. The molecule has 0 aliphatic rings. The van der Waals surface area contributed by atoms with Gasteiger partial charge in [-0.2, -0.15) is 5.10 Å². The lowest BCUT2D eigenvalue weighted by molar-refractivity contribution is 0.490. The van der Waals surface area contributed by atoms with E-state index in [9.17, 15) is 4.39 Å². The molecule has 1 atom stereocenters. The molecule has 0 aliphatic heterocycles. The van der Waals surface area contributed by atoms with E-state index in [4.69, 9.17) is 5.84 Å². The summed E-state index contributed by atoms with van der Waals surface area (Å²) < 4.78 is 15.9. The highest BCUT2D eigenvalue weighted by molar-refractivity contribution is 5.28. The zero-order valence-corrected chi connectivity index (χ0v) is 12.2. The van der Waals surface area contributed by atoms with Gasteiger partial charge in [0.2, 0.25) is 0 Å². The number of nitrogens with zero attached hydrogens (tertiary/aromatic N) is 2. The van der Waals surface area contributed by atoms with E-state index < -0.39 is 0 Å². The smallest absolute Gasteiger partial charge is 0.128 e. The highest BCUT2D eigenvalue weighted by atomic mass is 19.1. The van der Waals surface area contributed by atoms with Crippen molar-refractivity contribution in [3.05, 3.63) is 52.6 Å². The monoisotopic (exact) mass is 276 g/mol. The van der Waals surface area contributed by atoms with Crippen LogP contribution in [0.15, 0.2) is 24.3 Å². The topological polar surface area (TPSA) is 55.9 Å². The number of hydrogen-bond donors (Lipinski definition) is 2. The zero-order valence-electron chi connectivity index (χ0n) is 12.2. The minimum atomic E-state index is -0.267. The lowest BCUT2D eigenvalue weighted by atomic mass is 10.00. The van der Waals surface area contributed by atoms with Crippen molar-refractivity contribution in [1.29, 1.82) is 0 Å². The Bertz CT molecular complexity index is 592. The van der Waals surface area contributed by atoms with Crippen molar-refractivity contribution >= 4 is 0 Å². The molecule has 0 saturated carbocycles. The molecule has 0 saturated heterocycles. The molecule has 0 spiro atoms. The normalized spacial score (nSPS) is 12.7. The number of halogens is 1. The minimum Gasteiger partial charge on any atom is -0.271 e. The number of rotatable bonds is 5. The Labute approximate surface area is 118 Å². The molecule has 4 nitrogen and oxygen atoms in total. The van der Waals surface area contributed by atoms with Gasteiger partial charge in [0, 0.05) is 24.2 Å². The van der Waals surface area contributed by atoms with E-state index in [-0.39, 0.29) is 11.9 Å². The highest BCUT2D eigenvalue weighted by Crippen LogP contribution is 2.22. The van der Waals surface area contributed by atoms with Crippen LogP contribution in [0.4, 0.5) is 4.39 Å². The molecule has 108 valence electrons. The number of benzene rings is 1. The molecule has 0 bridgehead atoms. The summed E-state index contributed by atoms with van der Waals surface area (Å²) >= 11 is 0. The third-order valence-corrected chi connectivity index (χ3v) is 3.43. The number of aryl methyl sites for hydroxylation is 3. The van der Waals surface area contributed by atoms with Crippen LogP contribution in [0.1, 0.15) is 35.5 Å². The molecular weight excluding hydrogens is 255 g/mol. The Kier molecular flexibility index (Phi) is 4.52. The number of hydrazine groups is 1. The fraction of sp³-hybridized carbons (Fsp3) is 0.400. The molecule has 1 heterocycles. The van der Waals surface area contributed by atoms with Gasteiger partial charge in [-0.1, -0.05) is 17.7 Å². The largest absolute Gasteiger partial charge is 0.271 e. The minimum absolute atomic E-state index is 0.238. The average Bonchev–Trinajstić information content (AvgIpc) is 2.79. The van der Waals surface area contributed by atoms with E-state index in [0.717, 1.165) is 23.5 Å². The van der Waals surface area contributed by atoms with Gasteiger partial charge in [-0.05, 0) is 32.9 Å². The first kappa shape index (κ1) is 14.7. The molecule has 1 unspecified atom stereocenters. The van der Waals surface area contributed by atoms with Gasteiger partial charge in [-0.15, -0.1) is 0 Å². The van der Waals surface area contributed by atoms with Crippen LogP contribution in [0.25, 0.3) is 0 Å². The van der Waals surface area contributed by atoms with Crippen molar-refractivity contribution in [1.82, 2.24) is 15.2 Å². The molecule has 20 heavy (non-hydrogen) atoms. The van der Waals surface area contributed by atoms with Crippen LogP contribution in [-0.4, -0.2) is 9.78 Å². The molecule has 0 fully saturated rings. The molecular formula is C15H21FN4. The first-order valence-corrected chi connectivity index (χ1v) is 6.80. The van der Waals surface area contributed by atoms with E-state index >= 15 is 0 Å². The summed E-state index contributed by atoms with van der Waals surface area (Å²) in [6.07, 6.45) is 0.603. The molecule has 1 aromatic heterocycles. The summed E-state index contributed by atoms with van der Waals surface area (Å²) in [5.74, 6) is 5.39. The van der Waals surface area contributed by atoms with Gasteiger partial charge in [-0.25, -0.2) is 4.39 Å². The predicted octanol–water partition coefficient (Wildman–Crippen LogP) is 2.41. The summed E-state index contributed by atoms with van der Waals surface area (Å²) in [5, 5.41) is 4.40. The van der Waals surface area contributed by atoms with Gasteiger partial charge in [0.25, 0.3) is 0 Å². The molecule has 2 aromatic rings. The summed E-state index contributed by atoms with van der Waals surface area (Å²) in [6, 6.07) is 6.82. The molecule has 2 rings (SSSR count). The lowest BCUT2D eigenvalue weighted by Crippen LogP contribution is -2.31. The quantitative estimate of drug-likeness (QED) is 0.651. The second-order valence-corrected chi connectivity index (χ2v) is 5.04. The summed E-state index contributed by atoms with van der Waals surface area (Å²) in [7, 11) is 0. The van der Waals surface area contributed by atoms with E-state index in [2.05, 4.69) is 10.5 Å². The van der Waals surface area contributed by atoms with Crippen LogP contribution in [0, 0.1) is 19.7 Å². The van der Waals surface area contributed by atoms with Gasteiger partial charge in [0.1, 0.15) is 5.82 Å². The fourth-order valence-corrected chi connectivity index (χ4v) is 2.44. The SMILES string of the molecule is CCn1nc(C)cc1CC(NN)c1cc(C)ccc1F. The van der Waals surface area contributed by atoms with Gasteiger partial charge in [-0.3, -0.25) is 16.0 Å². The van der Waals surface area contributed by atoms with Crippen molar-refractivity contribution in [2.45, 2.75) is 39.8 Å². The van der Waals surface area contributed by atoms with Gasteiger partial charge in [0.05, 0.1) is 11.7 Å². The Morgan fingerprint density at radius 2 is 2.10 bits per heavy atom. The fourth-order valence-electron chi connectivity index (χ4n) is 2.44. The summed E-state index contributed by atoms with van der Waals surface area (Å²) in [4.78, 5) is 0. The van der Waals surface area contributed by atoms with E-state index in [1.165, 1.54) is 6.07 Å². The van der Waals surface area contributed by atoms with Crippen LogP contribution >= 0.6 is 0 Å². The second kappa shape index (κ2) is 6.15. The van der Waals surface area contributed by atoms with Crippen molar-refractivity contribution in [3.8, 4) is 0 Å². The van der Waals surface area contributed by atoms with Crippen LogP contribution in [-0.2, 0) is 13.0 Å². The first-order valence-electron chi connectivity index (χ1n) is 6.80. The zero-order chi connectivity index (χ0) is 14.7. The standard InChI is InChI=1S/C15H21FN4/c1-4-20-12(8-11(3)19-20)9-15(18-17)13-7-10(2)5-6-14(13)16/h5-8,15,18H,4,9,17H2,1-3H3. The summed E-state index contributed by atoms with van der Waals surface area (Å²) in [6.45, 7) is 6.72. The Morgan fingerprint density at radius 3 is 2.75 bits per heavy atom. The third-order valence-electron chi connectivity index (χ3n) is 3.43. The van der Waals surface area contributed by atoms with E-state index in [0.29, 0.717) is 12.0 Å². The average molecular weight is 276 g/mol. The van der Waals surface area contributed by atoms with Crippen molar-refractivity contribution < 1.29 is 4.39 Å². The molecule has 0 radical (unpaired) electrons. The van der Waals surface area contributed by atoms with Gasteiger partial charge in [0.15, 0.2) is 0 Å². The molecule has 0 aliphatic carbocycles. The maximum atomic E-state index is 14.0. The van der Waals surface area contributed by atoms with Crippen LogP contribution in [0.2, 0.25) is 0 Å². The first-order chi connectivity index (χ1) is 9.55. The predicted molar refractivity (Wildman–Crippen MR) is 77.5 cm³/mol. The maximum Gasteiger partial charge on any atom is 0.128 e. The van der Waals surface area contributed by atoms with Crippen molar-refractivity contribution in [2.75, 3.05) is 0 Å². The van der Waals surface area contributed by atoms with E-state index in [1.807, 2.05) is 37.6 Å². The Balaban J connectivity index is 2.30. The number of hydrogen-bond acceptors (Lipinski definition) is 3. The van der Waals surface area contributed by atoms with E-state index in [1.54, 1.807) is 6.07 Å². The molecule has 0 amide bonds. The van der Waals surface area contributed by atoms with Crippen molar-refractivity contribution in [2.24, 2.45) is 5.84 Å². The highest BCUT2D eigenvalue weighted by Gasteiger charge is 2.17. The third kappa shape index (κ3) is 3.05. The van der Waals surface area contributed by atoms with Crippen molar-refractivity contribution in [3.63, 3.8) is 0 Å². The lowest BCUT2D eigenvalue weighted by Gasteiger charge is -2.18. The Morgan fingerprint density at radius 1 is 1.35 bits per heavy atom. The number of nitrogens with one attached hydrogen (secondary N) is 1.